The average molecular weight is 236 g/mol. The van der Waals surface area contributed by atoms with E-state index in [1.54, 1.807) is 0 Å². The highest BCUT2D eigenvalue weighted by Crippen LogP contribution is 2.40. The van der Waals surface area contributed by atoms with Crippen LogP contribution in [-0.2, 0) is 9.59 Å². The fraction of sp³-hybridized carbons (Fsp3) is 0.846. The molecule has 0 N–H and O–H groups in total. The van der Waals surface area contributed by atoms with E-state index in [-0.39, 0.29) is 17.9 Å². The third-order valence-corrected chi connectivity index (χ3v) is 4.52. The van der Waals surface area contributed by atoms with E-state index in [9.17, 15) is 9.59 Å². The van der Waals surface area contributed by atoms with Crippen LogP contribution in [0.5, 0.6) is 0 Å². The lowest BCUT2D eigenvalue weighted by atomic mass is 10.2. The molecule has 3 unspecified atom stereocenters. The largest absolute Gasteiger partial charge is 0.337 e. The lowest BCUT2D eigenvalue weighted by Gasteiger charge is -2.25. The molecule has 0 bridgehead atoms. The Balaban J connectivity index is 1.78. The second kappa shape index (κ2) is 4.00. The summed E-state index contributed by atoms with van der Waals surface area (Å²) in [5.41, 5.74) is 0. The van der Waals surface area contributed by atoms with Gasteiger partial charge in [0.1, 0.15) is 6.04 Å². The van der Waals surface area contributed by atoms with Crippen molar-refractivity contribution in [1.29, 1.82) is 0 Å². The third kappa shape index (κ3) is 1.74. The van der Waals surface area contributed by atoms with E-state index >= 15 is 0 Å². The van der Waals surface area contributed by atoms with Gasteiger partial charge in [-0.15, -0.1) is 0 Å². The van der Waals surface area contributed by atoms with Crippen LogP contribution in [0.4, 0.5) is 0 Å². The highest BCUT2D eigenvalue weighted by Gasteiger charge is 2.47. The quantitative estimate of drug-likeness (QED) is 0.718. The summed E-state index contributed by atoms with van der Waals surface area (Å²) < 4.78 is 0. The van der Waals surface area contributed by atoms with Crippen molar-refractivity contribution in [3.63, 3.8) is 0 Å². The predicted molar refractivity (Wildman–Crippen MR) is 63.3 cm³/mol. The molecule has 0 spiro atoms. The molecule has 1 aliphatic carbocycles. The lowest BCUT2D eigenvalue weighted by molar-refractivity contribution is -0.139. The number of fused-ring (bicyclic) bond motifs is 1. The van der Waals surface area contributed by atoms with E-state index in [4.69, 9.17) is 0 Å². The minimum Gasteiger partial charge on any atom is -0.337 e. The first kappa shape index (κ1) is 11.1. The minimum absolute atomic E-state index is 0.136. The number of amides is 2. The predicted octanol–water partition coefficient (Wildman–Crippen LogP) is 1.01. The zero-order chi connectivity index (χ0) is 12.0. The van der Waals surface area contributed by atoms with Crippen molar-refractivity contribution in [2.24, 2.45) is 5.92 Å². The van der Waals surface area contributed by atoms with Crippen molar-refractivity contribution in [3.05, 3.63) is 0 Å². The van der Waals surface area contributed by atoms with Gasteiger partial charge in [-0.05, 0) is 25.2 Å². The van der Waals surface area contributed by atoms with Gasteiger partial charge in [0.2, 0.25) is 11.8 Å². The molecule has 94 valence electrons. The van der Waals surface area contributed by atoms with Crippen molar-refractivity contribution in [2.45, 2.75) is 51.1 Å². The molecule has 2 amide bonds. The Hall–Kier alpha value is -1.06. The fourth-order valence-electron chi connectivity index (χ4n) is 3.36. The topological polar surface area (TPSA) is 40.6 Å². The second-order valence-electron chi connectivity index (χ2n) is 5.50. The summed E-state index contributed by atoms with van der Waals surface area (Å²) in [7, 11) is 0. The Morgan fingerprint density at radius 1 is 1.24 bits per heavy atom. The molecule has 4 nitrogen and oxygen atoms in total. The Kier molecular flexibility index (Phi) is 2.60. The summed E-state index contributed by atoms with van der Waals surface area (Å²) in [4.78, 5) is 28.2. The van der Waals surface area contributed by atoms with Gasteiger partial charge in [-0.2, -0.15) is 0 Å². The number of rotatable bonds is 2. The molecule has 3 aliphatic rings. The van der Waals surface area contributed by atoms with Crippen LogP contribution in [0.25, 0.3) is 0 Å². The monoisotopic (exact) mass is 236 g/mol. The zero-order valence-electron chi connectivity index (χ0n) is 10.4. The van der Waals surface area contributed by atoms with Gasteiger partial charge in [-0.25, -0.2) is 0 Å². The molecule has 0 radical (unpaired) electrons. The molecule has 2 saturated heterocycles. The van der Waals surface area contributed by atoms with Gasteiger partial charge < -0.3 is 9.80 Å². The molecule has 2 aliphatic heterocycles. The van der Waals surface area contributed by atoms with Gasteiger partial charge in [0.15, 0.2) is 0 Å². The van der Waals surface area contributed by atoms with Gasteiger partial charge in [-0.1, -0.05) is 13.3 Å². The molecule has 3 rings (SSSR count). The zero-order valence-corrected chi connectivity index (χ0v) is 10.4. The van der Waals surface area contributed by atoms with E-state index in [0.717, 1.165) is 32.2 Å². The van der Waals surface area contributed by atoms with E-state index < -0.39 is 0 Å². The SMILES string of the molecule is CCC1CC1N1CCC(=O)N2CCCC2C1=O. The molecule has 1 saturated carbocycles. The van der Waals surface area contributed by atoms with Crippen molar-refractivity contribution in [3.8, 4) is 0 Å². The minimum atomic E-state index is -0.136. The van der Waals surface area contributed by atoms with Crippen LogP contribution in [-0.4, -0.2) is 46.8 Å². The highest BCUT2D eigenvalue weighted by molar-refractivity contribution is 5.90. The molecular formula is C13H20N2O2. The van der Waals surface area contributed by atoms with Crippen molar-refractivity contribution in [1.82, 2.24) is 9.80 Å². The smallest absolute Gasteiger partial charge is 0.245 e. The Morgan fingerprint density at radius 2 is 2.06 bits per heavy atom. The van der Waals surface area contributed by atoms with Gasteiger partial charge in [0, 0.05) is 25.6 Å². The van der Waals surface area contributed by atoms with Crippen LogP contribution in [0.15, 0.2) is 0 Å². The number of carbonyl (C=O) groups excluding carboxylic acids is 2. The van der Waals surface area contributed by atoms with Crippen molar-refractivity contribution < 1.29 is 9.59 Å². The van der Waals surface area contributed by atoms with Crippen LogP contribution in [0.2, 0.25) is 0 Å². The van der Waals surface area contributed by atoms with Crippen LogP contribution < -0.4 is 0 Å². The van der Waals surface area contributed by atoms with E-state index in [2.05, 4.69) is 6.92 Å². The van der Waals surface area contributed by atoms with Crippen LogP contribution >= 0.6 is 0 Å². The van der Waals surface area contributed by atoms with Gasteiger partial charge in [0.05, 0.1) is 0 Å². The van der Waals surface area contributed by atoms with Crippen molar-refractivity contribution >= 4 is 11.8 Å². The molecule has 0 aromatic carbocycles. The standard InChI is InChI=1S/C13H20N2O2/c1-2-9-8-11(9)15-7-5-12(16)14-6-3-4-10(14)13(15)17/h9-11H,2-8H2,1H3. The first-order valence-corrected chi connectivity index (χ1v) is 6.82. The average Bonchev–Trinajstić information content (AvgIpc) is 2.96. The summed E-state index contributed by atoms with van der Waals surface area (Å²) in [6, 6.07) is 0.295. The van der Waals surface area contributed by atoms with Gasteiger partial charge in [0.25, 0.3) is 0 Å². The molecule has 17 heavy (non-hydrogen) atoms. The maximum absolute atomic E-state index is 12.4. The number of hydrogen-bond acceptors (Lipinski definition) is 2. The number of carbonyl (C=O) groups is 2. The van der Waals surface area contributed by atoms with Crippen LogP contribution in [0.1, 0.15) is 39.0 Å². The fourth-order valence-corrected chi connectivity index (χ4v) is 3.36. The van der Waals surface area contributed by atoms with Crippen molar-refractivity contribution in [2.75, 3.05) is 13.1 Å². The maximum atomic E-state index is 12.4. The summed E-state index contributed by atoms with van der Waals surface area (Å²) in [6.07, 6.45) is 4.66. The first-order chi connectivity index (χ1) is 8.22. The van der Waals surface area contributed by atoms with E-state index in [0.29, 0.717) is 24.9 Å². The summed E-state index contributed by atoms with van der Waals surface area (Å²) >= 11 is 0. The molecule has 0 aromatic rings. The number of hydrogen-bond donors (Lipinski definition) is 0. The Labute approximate surface area is 102 Å². The Morgan fingerprint density at radius 3 is 2.76 bits per heavy atom. The summed E-state index contributed by atoms with van der Waals surface area (Å²) in [5, 5.41) is 0. The molecule has 2 heterocycles. The lowest BCUT2D eigenvalue weighted by Crippen LogP contribution is -2.44. The van der Waals surface area contributed by atoms with Gasteiger partial charge in [-0.3, -0.25) is 9.59 Å². The third-order valence-electron chi connectivity index (χ3n) is 4.52. The molecule has 3 atom stereocenters. The molecule has 0 aromatic heterocycles. The van der Waals surface area contributed by atoms with Crippen LogP contribution in [0.3, 0.4) is 0 Å². The number of nitrogens with zero attached hydrogens (tertiary/aromatic N) is 2. The summed E-state index contributed by atoms with van der Waals surface area (Å²) in [6.45, 7) is 3.61. The van der Waals surface area contributed by atoms with E-state index in [1.165, 1.54) is 0 Å². The van der Waals surface area contributed by atoms with Crippen LogP contribution in [0, 0.1) is 5.92 Å². The second-order valence-corrected chi connectivity index (χ2v) is 5.50. The normalized spacial score (nSPS) is 37.1. The highest BCUT2D eigenvalue weighted by atomic mass is 16.2. The molecular weight excluding hydrogens is 216 g/mol. The molecule has 3 fully saturated rings. The summed E-state index contributed by atoms with van der Waals surface area (Å²) in [5.74, 6) is 1.08. The van der Waals surface area contributed by atoms with Gasteiger partial charge >= 0.3 is 0 Å². The maximum Gasteiger partial charge on any atom is 0.245 e. The van der Waals surface area contributed by atoms with E-state index in [1.807, 2.05) is 9.80 Å². The Bertz CT molecular complexity index is 355. The molecule has 4 heteroatoms. The first-order valence-electron chi connectivity index (χ1n) is 6.82.